The Morgan fingerprint density at radius 1 is 0.857 bits per heavy atom. The van der Waals surface area contributed by atoms with E-state index in [0.29, 0.717) is 0 Å². The van der Waals surface area contributed by atoms with Crippen molar-refractivity contribution in [1.29, 1.82) is 0 Å². The van der Waals surface area contributed by atoms with Gasteiger partial charge in [-0.3, -0.25) is 0 Å². The summed E-state index contributed by atoms with van der Waals surface area (Å²) < 4.78 is 0. The predicted molar refractivity (Wildman–Crippen MR) is 66.4 cm³/mol. The van der Waals surface area contributed by atoms with Gasteiger partial charge in [-0.1, -0.05) is 72.1 Å². The molecule has 0 saturated carbocycles. The molecule has 0 spiro atoms. The molecule has 0 aliphatic rings. The van der Waals surface area contributed by atoms with Gasteiger partial charge in [0.1, 0.15) is 0 Å². The fourth-order valence-electron chi connectivity index (χ4n) is 1.89. The molecule has 0 heteroatoms. The van der Waals surface area contributed by atoms with Crippen LogP contribution in [0.1, 0.15) is 78.6 Å². The zero-order valence-corrected chi connectivity index (χ0v) is 10.5. The maximum Gasteiger partial charge on any atom is -0.0355 e. The van der Waals surface area contributed by atoms with Crippen LogP contribution in [0.15, 0.2) is 0 Å². The molecule has 0 N–H and O–H groups in total. The summed E-state index contributed by atoms with van der Waals surface area (Å²) in [6, 6.07) is 0. The van der Waals surface area contributed by atoms with E-state index in [1.54, 1.807) is 0 Å². The Morgan fingerprint density at radius 3 is 2.07 bits per heavy atom. The topological polar surface area (TPSA) is 0 Å². The molecular weight excluding hydrogens is 168 g/mol. The first-order valence-electron chi connectivity index (χ1n) is 6.68. The summed E-state index contributed by atoms with van der Waals surface area (Å²) in [6.07, 6.45) is 15.0. The molecular formula is C14H29. The minimum atomic E-state index is 0.901. The summed E-state index contributed by atoms with van der Waals surface area (Å²) in [5.74, 6) is 0.901. The first-order valence-corrected chi connectivity index (χ1v) is 6.68. The number of hydrogen-bond donors (Lipinski definition) is 0. The summed E-state index contributed by atoms with van der Waals surface area (Å²) in [7, 11) is 0. The zero-order valence-electron chi connectivity index (χ0n) is 10.5. The van der Waals surface area contributed by atoms with Crippen LogP contribution in [0.25, 0.3) is 0 Å². The van der Waals surface area contributed by atoms with Crippen molar-refractivity contribution in [2.75, 3.05) is 0 Å². The normalized spacial score (nSPS) is 13.1. The van der Waals surface area contributed by atoms with Crippen LogP contribution < -0.4 is 0 Å². The summed E-state index contributed by atoms with van der Waals surface area (Å²) in [5, 5.41) is 0. The Morgan fingerprint density at radius 2 is 1.50 bits per heavy atom. The predicted octanol–water partition coefficient (Wildman–Crippen LogP) is 5.38. The molecule has 0 nitrogen and oxygen atoms in total. The van der Waals surface area contributed by atoms with E-state index in [1.807, 2.05) is 0 Å². The van der Waals surface area contributed by atoms with Crippen LogP contribution >= 0.6 is 0 Å². The maximum atomic E-state index is 2.57. The Labute approximate surface area is 91.5 Å². The molecule has 14 heavy (non-hydrogen) atoms. The highest BCUT2D eigenvalue weighted by atomic mass is 14.1. The van der Waals surface area contributed by atoms with E-state index in [-0.39, 0.29) is 0 Å². The van der Waals surface area contributed by atoms with Crippen molar-refractivity contribution in [1.82, 2.24) is 0 Å². The number of hydrogen-bond acceptors (Lipinski definition) is 0. The third kappa shape index (κ3) is 8.59. The van der Waals surface area contributed by atoms with Gasteiger partial charge in [-0.15, -0.1) is 0 Å². The second-order valence-electron chi connectivity index (χ2n) is 4.40. The molecule has 0 aromatic carbocycles. The molecule has 0 rings (SSSR count). The van der Waals surface area contributed by atoms with Crippen molar-refractivity contribution in [2.24, 2.45) is 5.92 Å². The Hall–Kier alpha value is 0. The van der Waals surface area contributed by atoms with Gasteiger partial charge in [-0.05, 0) is 18.8 Å². The van der Waals surface area contributed by atoms with Crippen molar-refractivity contribution < 1.29 is 0 Å². The van der Waals surface area contributed by atoms with E-state index in [0.717, 1.165) is 5.92 Å². The fourth-order valence-corrected chi connectivity index (χ4v) is 1.89. The van der Waals surface area contributed by atoms with Gasteiger partial charge < -0.3 is 0 Å². The van der Waals surface area contributed by atoms with Crippen molar-refractivity contribution in [3.63, 3.8) is 0 Å². The van der Waals surface area contributed by atoms with Crippen molar-refractivity contribution in [3.8, 4) is 0 Å². The molecule has 0 amide bonds. The summed E-state index contributed by atoms with van der Waals surface area (Å²) in [5.41, 5.74) is 0. The molecule has 0 heterocycles. The Kier molecular flexibility index (Phi) is 11.1. The molecule has 0 aliphatic heterocycles. The second kappa shape index (κ2) is 11.1. The fraction of sp³-hybridized carbons (Fsp3) is 0.929. The first-order chi connectivity index (χ1) is 6.85. The standard InChI is InChI=1S/C14H29/c1-4-7-9-11-13-14(6-3)12-10-8-5-2/h13-14H,4-12H2,1-3H3. The molecule has 0 saturated heterocycles. The highest BCUT2D eigenvalue weighted by Crippen LogP contribution is 2.19. The molecule has 1 unspecified atom stereocenters. The summed E-state index contributed by atoms with van der Waals surface area (Å²) >= 11 is 0. The largest absolute Gasteiger partial charge is 0.0654 e. The minimum absolute atomic E-state index is 0.901. The van der Waals surface area contributed by atoms with Gasteiger partial charge in [0.2, 0.25) is 0 Å². The number of unbranched alkanes of at least 4 members (excludes halogenated alkanes) is 5. The maximum absolute atomic E-state index is 2.57. The third-order valence-electron chi connectivity index (χ3n) is 3.01. The van der Waals surface area contributed by atoms with Gasteiger partial charge in [0, 0.05) is 0 Å². The average molecular weight is 197 g/mol. The molecule has 1 atom stereocenters. The summed E-state index contributed by atoms with van der Waals surface area (Å²) in [4.78, 5) is 0. The molecule has 0 aliphatic carbocycles. The SMILES string of the molecule is CCCCC[CH]C(CC)CCCCC. The van der Waals surface area contributed by atoms with Crippen LogP contribution in [-0.2, 0) is 0 Å². The molecule has 0 fully saturated rings. The quantitative estimate of drug-likeness (QED) is 0.413. The van der Waals surface area contributed by atoms with Gasteiger partial charge in [-0.25, -0.2) is 0 Å². The first kappa shape index (κ1) is 14.0. The lowest BCUT2D eigenvalue weighted by molar-refractivity contribution is 0.478. The minimum Gasteiger partial charge on any atom is -0.0654 e. The average Bonchev–Trinajstić information content (AvgIpc) is 2.22. The van der Waals surface area contributed by atoms with E-state index in [2.05, 4.69) is 27.2 Å². The van der Waals surface area contributed by atoms with E-state index < -0.39 is 0 Å². The van der Waals surface area contributed by atoms with E-state index in [4.69, 9.17) is 0 Å². The highest BCUT2D eigenvalue weighted by Gasteiger charge is 2.05. The lowest BCUT2D eigenvalue weighted by Gasteiger charge is -2.13. The van der Waals surface area contributed by atoms with E-state index in [1.165, 1.54) is 57.8 Å². The van der Waals surface area contributed by atoms with Crippen LogP contribution in [0.4, 0.5) is 0 Å². The number of rotatable bonds is 10. The monoisotopic (exact) mass is 197 g/mol. The zero-order chi connectivity index (χ0) is 10.6. The van der Waals surface area contributed by atoms with E-state index in [9.17, 15) is 0 Å². The van der Waals surface area contributed by atoms with Gasteiger partial charge >= 0.3 is 0 Å². The smallest absolute Gasteiger partial charge is 0.0355 e. The van der Waals surface area contributed by atoms with Gasteiger partial charge in [0.25, 0.3) is 0 Å². The van der Waals surface area contributed by atoms with Crippen LogP contribution in [-0.4, -0.2) is 0 Å². The Balaban J connectivity index is 3.28. The molecule has 0 aromatic rings. The van der Waals surface area contributed by atoms with Crippen LogP contribution in [0, 0.1) is 12.3 Å². The van der Waals surface area contributed by atoms with Crippen LogP contribution in [0.3, 0.4) is 0 Å². The summed E-state index contributed by atoms with van der Waals surface area (Å²) in [6.45, 7) is 6.89. The lowest BCUT2D eigenvalue weighted by Crippen LogP contribution is -1.99. The van der Waals surface area contributed by atoms with Crippen molar-refractivity contribution in [2.45, 2.75) is 78.6 Å². The molecule has 0 bridgehead atoms. The van der Waals surface area contributed by atoms with Gasteiger partial charge in [0.05, 0.1) is 0 Å². The van der Waals surface area contributed by atoms with Gasteiger partial charge in [-0.2, -0.15) is 0 Å². The van der Waals surface area contributed by atoms with Crippen LogP contribution in [0.2, 0.25) is 0 Å². The van der Waals surface area contributed by atoms with E-state index >= 15 is 0 Å². The third-order valence-corrected chi connectivity index (χ3v) is 3.01. The molecule has 1 radical (unpaired) electrons. The molecule has 0 aromatic heterocycles. The lowest BCUT2D eigenvalue weighted by atomic mass is 9.93. The highest BCUT2D eigenvalue weighted by molar-refractivity contribution is 4.75. The van der Waals surface area contributed by atoms with Crippen molar-refractivity contribution >= 4 is 0 Å². The van der Waals surface area contributed by atoms with Crippen LogP contribution in [0.5, 0.6) is 0 Å². The Bertz CT molecular complexity index is 96.2. The van der Waals surface area contributed by atoms with Gasteiger partial charge in [0.15, 0.2) is 0 Å². The molecule has 85 valence electrons. The second-order valence-corrected chi connectivity index (χ2v) is 4.40. The van der Waals surface area contributed by atoms with Crippen molar-refractivity contribution in [3.05, 3.63) is 6.42 Å².